The fraction of sp³-hybridized carbons (Fsp3) is 0.625. The van der Waals surface area contributed by atoms with Crippen LogP contribution in [0.15, 0.2) is 12.3 Å². The van der Waals surface area contributed by atoms with Gasteiger partial charge in [-0.15, -0.1) is 0 Å². The molecule has 1 aliphatic rings. The number of aromatic nitrogens is 1. The number of hydrogen-bond acceptors (Lipinski definition) is 3. The van der Waals surface area contributed by atoms with Gasteiger partial charge in [-0.1, -0.05) is 26.7 Å². The van der Waals surface area contributed by atoms with Gasteiger partial charge in [-0.25, -0.2) is 4.79 Å². The number of aryl methyl sites for hydroxylation is 1. The summed E-state index contributed by atoms with van der Waals surface area (Å²) in [5, 5.41) is 12.8. The van der Waals surface area contributed by atoms with Crippen LogP contribution in [0, 0.1) is 18.8 Å². The van der Waals surface area contributed by atoms with Gasteiger partial charge in [0.2, 0.25) is 0 Å². The number of nitrogens with zero attached hydrogens (tertiary/aromatic N) is 1. The molecule has 2 rings (SSSR count). The maximum Gasteiger partial charge on any atom is 0.339 e. The molecule has 1 aliphatic carbocycles. The van der Waals surface area contributed by atoms with E-state index in [-0.39, 0.29) is 5.56 Å². The van der Waals surface area contributed by atoms with E-state index in [0.29, 0.717) is 23.6 Å². The van der Waals surface area contributed by atoms with Gasteiger partial charge in [0.05, 0.1) is 5.69 Å². The van der Waals surface area contributed by atoms with Crippen molar-refractivity contribution in [3.63, 3.8) is 0 Å². The molecule has 1 heterocycles. The molecule has 2 N–H and O–H groups in total. The topological polar surface area (TPSA) is 62.2 Å². The summed E-state index contributed by atoms with van der Waals surface area (Å²) in [6, 6.07) is 2.21. The number of pyridine rings is 1. The number of anilines is 1. The average Bonchev–Trinajstić information content (AvgIpc) is 2.38. The van der Waals surface area contributed by atoms with Gasteiger partial charge in [-0.05, 0) is 37.7 Å². The van der Waals surface area contributed by atoms with Crippen LogP contribution in [0.25, 0.3) is 0 Å². The van der Waals surface area contributed by atoms with Gasteiger partial charge in [0, 0.05) is 17.9 Å². The minimum absolute atomic E-state index is 0.267. The second-order valence-electron chi connectivity index (χ2n) is 6.12. The van der Waals surface area contributed by atoms with E-state index in [1.165, 1.54) is 25.5 Å². The van der Waals surface area contributed by atoms with Crippen molar-refractivity contribution in [3.8, 4) is 0 Å². The molecule has 1 aromatic heterocycles. The molecular weight excluding hydrogens is 252 g/mol. The van der Waals surface area contributed by atoms with Crippen LogP contribution in [0.2, 0.25) is 0 Å². The van der Waals surface area contributed by atoms with Gasteiger partial charge < -0.3 is 10.4 Å². The summed E-state index contributed by atoms with van der Waals surface area (Å²) in [5.41, 5.74) is 1.82. The molecule has 0 radical (unpaired) electrons. The summed E-state index contributed by atoms with van der Waals surface area (Å²) in [5.74, 6) is 0.305. The summed E-state index contributed by atoms with van der Waals surface area (Å²) in [6.45, 7) is 6.39. The number of carboxylic acid groups (broad SMARTS) is 1. The lowest BCUT2D eigenvalue weighted by Crippen LogP contribution is -2.35. The van der Waals surface area contributed by atoms with Crippen molar-refractivity contribution in [2.75, 3.05) is 5.32 Å². The predicted octanol–water partition coefficient (Wildman–Crippen LogP) is 3.71. The summed E-state index contributed by atoms with van der Waals surface area (Å²) >= 11 is 0. The second kappa shape index (κ2) is 6.25. The van der Waals surface area contributed by atoms with Crippen molar-refractivity contribution in [2.24, 2.45) is 11.8 Å². The number of rotatable bonds is 4. The monoisotopic (exact) mass is 276 g/mol. The number of carboxylic acids is 1. The lowest BCUT2D eigenvalue weighted by molar-refractivity contribution is 0.0697. The highest BCUT2D eigenvalue weighted by Crippen LogP contribution is 2.33. The highest BCUT2D eigenvalue weighted by atomic mass is 16.4. The van der Waals surface area contributed by atoms with E-state index in [4.69, 9.17) is 0 Å². The molecule has 2 unspecified atom stereocenters. The molecule has 0 bridgehead atoms. The van der Waals surface area contributed by atoms with E-state index in [1.807, 2.05) is 13.0 Å². The van der Waals surface area contributed by atoms with Crippen molar-refractivity contribution in [1.29, 1.82) is 0 Å². The van der Waals surface area contributed by atoms with Crippen molar-refractivity contribution in [2.45, 2.75) is 52.5 Å². The molecule has 0 aliphatic heterocycles. The number of carbonyl (C=O) groups is 1. The van der Waals surface area contributed by atoms with Gasteiger partial charge >= 0.3 is 5.97 Å². The Morgan fingerprint density at radius 1 is 1.40 bits per heavy atom. The first-order valence-electron chi connectivity index (χ1n) is 7.45. The lowest BCUT2D eigenvalue weighted by atomic mass is 9.77. The van der Waals surface area contributed by atoms with Crippen molar-refractivity contribution in [1.82, 2.24) is 4.98 Å². The molecule has 110 valence electrons. The highest BCUT2D eigenvalue weighted by molar-refractivity contribution is 5.93. The second-order valence-corrected chi connectivity index (χ2v) is 6.12. The molecule has 20 heavy (non-hydrogen) atoms. The summed E-state index contributed by atoms with van der Waals surface area (Å²) in [7, 11) is 0. The van der Waals surface area contributed by atoms with Crippen LogP contribution >= 0.6 is 0 Å². The van der Waals surface area contributed by atoms with Crippen LogP contribution < -0.4 is 5.32 Å². The molecule has 1 saturated carbocycles. The summed E-state index contributed by atoms with van der Waals surface area (Å²) < 4.78 is 0. The standard InChI is InChI=1S/C16H24N2O2/c1-10(2)12-6-4-5-7-14(12)18-15-8-11(3)17-9-13(15)16(19)20/h8-10,12,14H,4-7H2,1-3H3,(H,17,18)(H,19,20). The Hall–Kier alpha value is -1.58. The van der Waals surface area contributed by atoms with Crippen LogP contribution in [-0.2, 0) is 0 Å². The van der Waals surface area contributed by atoms with Gasteiger partial charge in [0.1, 0.15) is 5.56 Å². The Morgan fingerprint density at radius 2 is 2.10 bits per heavy atom. The smallest absolute Gasteiger partial charge is 0.339 e. The van der Waals surface area contributed by atoms with E-state index in [1.54, 1.807) is 0 Å². The third-order valence-corrected chi connectivity index (χ3v) is 4.29. The zero-order valence-electron chi connectivity index (χ0n) is 12.5. The molecule has 0 saturated heterocycles. The third-order valence-electron chi connectivity index (χ3n) is 4.29. The molecular formula is C16H24N2O2. The molecule has 0 aromatic carbocycles. The molecule has 1 fully saturated rings. The third kappa shape index (κ3) is 3.30. The number of aromatic carboxylic acids is 1. The molecule has 4 nitrogen and oxygen atoms in total. The van der Waals surface area contributed by atoms with E-state index in [2.05, 4.69) is 24.1 Å². The number of nitrogens with one attached hydrogen (secondary N) is 1. The van der Waals surface area contributed by atoms with Crippen molar-refractivity contribution < 1.29 is 9.90 Å². The summed E-state index contributed by atoms with van der Waals surface area (Å²) in [6.07, 6.45) is 6.29. The number of hydrogen-bond donors (Lipinski definition) is 2. The Bertz CT molecular complexity index is 485. The Morgan fingerprint density at radius 3 is 2.75 bits per heavy atom. The fourth-order valence-electron chi connectivity index (χ4n) is 3.19. The SMILES string of the molecule is Cc1cc(NC2CCCCC2C(C)C)c(C(=O)O)cn1. The quantitative estimate of drug-likeness (QED) is 0.880. The molecule has 2 atom stereocenters. The van der Waals surface area contributed by atoms with Crippen LogP contribution in [0.5, 0.6) is 0 Å². The van der Waals surface area contributed by atoms with E-state index < -0.39 is 5.97 Å². The minimum atomic E-state index is -0.920. The van der Waals surface area contributed by atoms with Crippen molar-refractivity contribution >= 4 is 11.7 Å². The lowest BCUT2D eigenvalue weighted by Gasteiger charge is -2.35. The molecule has 4 heteroatoms. The fourth-order valence-corrected chi connectivity index (χ4v) is 3.19. The van der Waals surface area contributed by atoms with Crippen LogP contribution in [0.1, 0.15) is 55.6 Å². The average molecular weight is 276 g/mol. The Balaban J connectivity index is 2.23. The van der Waals surface area contributed by atoms with E-state index in [9.17, 15) is 9.90 Å². The molecule has 1 aromatic rings. The Kier molecular flexibility index (Phi) is 4.63. The van der Waals surface area contributed by atoms with E-state index in [0.717, 1.165) is 12.1 Å². The summed E-state index contributed by atoms with van der Waals surface area (Å²) in [4.78, 5) is 15.4. The highest BCUT2D eigenvalue weighted by Gasteiger charge is 2.28. The van der Waals surface area contributed by atoms with Crippen LogP contribution in [0.3, 0.4) is 0 Å². The van der Waals surface area contributed by atoms with Gasteiger partial charge in [0.15, 0.2) is 0 Å². The largest absolute Gasteiger partial charge is 0.478 e. The van der Waals surface area contributed by atoms with Crippen LogP contribution in [-0.4, -0.2) is 22.1 Å². The van der Waals surface area contributed by atoms with Gasteiger partial charge in [0.25, 0.3) is 0 Å². The zero-order chi connectivity index (χ0) is 14.7. The maximum absolute atomic E-state index is 11.3. The van der Waals surface area contributed by atoms with Crippen LogP contribution in [0.4, 0.5) is 5.69 Å². The van der Waals surface area contributed by atoms with E-state index >= 15 is 0 Å². The van der Waals surface area contributed by atoms with Gasteiger partial charge in [-0.2, -0.15) is 0 Å². The normalized spacial score (nSPS) is 22.8. The Labute approximate surface area is 120 Å². The predicted molar refractivity (Wildman–Crippen MR) is 80.1 cm³/mol. The molecule has 0 amide bonds. The van der Waals surface area contributed by atoms with Crippen molar-refractivity contribution in [3.05, 3.63) is 23.5 Å². The maximum atomic E-state index is 11.3. The molecule has 0 spiro atoms. The first-order valence-corrected chi connectivity index (χ1v) is 7.45. The first kappa shape index (κ1) is 14.8. The first-order chi connectivity index (χ1) is 9.49. The zero-order valence-corrected chi connectivity index (χ0v) is 12.5. The minimum Gasteiger partial charge on any atom is -0.478 e. The van der Waals surface area contributed by atoms with Gasteiger partial charge in [-0.3, -0.25) is 4.98 Å².